The van der Waals surface area contributed by atoms with Gasteiger partial charge in [-0.15, -0.1) is 0 Å². The summed E-state index contributed by atoms with van der Waals surface area (Å²) < 4.78 is 0. The second-order valence-corrected chi connectivity index (χ2v) is 7.08. The largest absolute Gasteiger partial charge is 0.351 e. The Hall–Kier alpha value is -2.37. The lowest BCUT2D eigenvalue weighted by atomic mass is 10.0. The summed E-state index contributed by atoms with van der Waals surface area (Å²) in [4.78, 5) is 26.0. The first-order valence-corrected chi connectivity index (χ1v) is 9.51. The van der Waals surface area contributed by atoms with E-state index < -0.39 is 6.04 Å². The van der Waals surface area contributed by atoms with Gasteiger partial charge in [-0.25, -0.2) is 0 Å². The number of hydrogen-bond donors (Lipinski definition) is 3. The molecule has 0 aromatic heterocycles. The number of carbonyl (C=O) groups excluding carboxylic acids is 2. The van der Waals surface area contributed by atoms with Crippen molar-refractivity contribution in [2.45, 2.75) is 26.3 Å². The second kappa shape index (κ2) is 10.1. The Morgan fingerprint density at radius 3 is 2.48 bits per heavy atom. The maximum absolute atomic E-state index is 13.0. The number of hydrogen-bond acceptors (Lipinski definition) is 2. The van der Waals surface area contributed by atoms with E-state index in [4.69, 9.17) is 11.6 Å². The number of carbonyl (C=O) groups is 2. The summed E-state index contributed by atoms with van der Waals surface area (Å²) >= 11 is 6.16. The normalized spacial score (nSPS) is 12.9. The van der Waals surface area contributed by atoms with Crippen molar-refractivity contribution in [2.75, 3.05) is 25.5 Å². The molecular formula is C21H27ClN3O2+. The van der Waals surface area contributed by atoms with Crippen molar-refractivity contribution in [1.82, 2.24) is 5.32 Å². The van der Waals surface area contributed by atoms with E-state index in [9.17, 15) is 9.59 Å². The molecule has 0 fully saturated rings. The van der Waals surface area contributed by atoms with E-state index in [-0.39, 0.29) is 18.4 Å². The molecule has 0 saturated heterocycles. The first-order valence-electron chi connectivity index (χ1n) is 9.13. The highest BCUT2D eigenvalue weighted by Gasteiger charge is 2.30. The van der Waals surface area contributed by atoms with Gasteiger partial charge >= 0.3 is 0 Å². The molecule has 144 valence electrons. The number of anilines is 1. The topological polar surface area (TPSA) is 62.6 Å². The Balaban J connectivity index is 2.19. The number of likely N-dealkylation sites (N-methyl/N-ethyl adjacent to an activating group) is 1. The second-order valence-electron chi connectivity index (χ2n) is 6.67. The average Bonchev–Trinajstić information content (AvgIpc) is 2.64. The fourth-order valence-corrected chi connectivity index (χ4v) is 3.05. The summed E-state index contributed by atoms with van der Waals surface area (Å²) in [6, 6.07) is 14.4. The van der Waals surface area contributed by atoms with Crippen molar-refractivity contribution in [3.05, 3.63) is 64.7 Å². The molecule has 0 aliphatic heterocycles. The van der Waals surface area contributed by atoms with Crippen LogP contribution in [0.5, 0.6) is 0 Å². The van der Waals surface area contributed by atoms with E-state index >= 15 is 0 Å². The van der Waals surface area contributed by atoms with Crippen molar-refractivity contribution < 1.29 is 14.5 Å². The predicted octanol–water partition coefficient (Wildman–Crippen LogP) is 2.37. The van der Waals surface area contributed by atoms with E-state index in [0.29, 0.717) is 17.3 Å². The molecule has 2 rings (SSSR count). The summed E-state index contributed by atoms with van der Waals surface area (Å²) in [7, 11) is 1.85. The first kappa shape index (κ1) is 20.9. The van der Waals surface area contributed by atoms with Gasteiger partial charge in [-0.05, 0) is 31.0 Å². The number of halogens is 1. The molecule has 2 aromatic rings. The van der Waals surface area contributed by atoms with Crippen molar-refractivity contribution >= 4 is 29.1 Å². The van der Waals surface area contributed by atoms with Crippen LogP contribution in [-0.4, -0.2) is 32.0 Å². The minimum atomic E-state index is -0.515. The summed E-state index contributed by atoms with van der Waals surface area (Å²) in [6.45, 7) is 4.76. The highest BCUT2D eigenvalue weighted by atomic mass is 35.5. The molecule has 0 heterocycles. The van der Waals surface area contributed by atoms with Gasteiger partial charge in [-0.2, -0.15) is 0 Å². The molecule has 0 spiro atoms. The van der Waals surface area contributed by atoms with E-state index in [2.05, 4.69) is 10.6 Å². The molecule has 2 amide bonds. The van der Waals surface area contributed by atoms with Gasteiger partial charge in [-0.3, -0.25) is 9.59 Å². The molecule has 1 unspecified atom stereocenters. The predicted molar refractivity (Wildman–Crippen MR) is 109 cm³/mol. The van der Waals surface area contributed by atoms with E-state index in [1.54, 1.807) is 6.07 Å². The van der Waals surface area contributed by atoms with Crippen LogP contribution in [0.3, 0.4) is 0 Å². The smallest absolute Gasteiger partial charge is 0.287 e. The molecule has 0 bridgehead atoms. The van der Waals surface area contributed by atoms with Crippen molar-refractivity contribution in [3.8, 4) is 0 Å². The lowest BCUT2D eigenvalue weighted by Crippen LogP contribution is -3.11. The van der Waals surface area contributed by atoms with E-state index in [1.807, 2.05) is 63.4 Å². The Morgan fingerprint density at radius 2 is 1.85 bits per heavy atom. The lowest BCUT2D eigenvalue weighted by molar-refractivity contribution is -0.894. The minimum absolute atomic E-state index is 0.0681. The Labute approximate surface area is 165 Å². The van der Waals surface area contributed by atoms with Gasteiger partial charge in [-0.1, -0.05) is 54.9 Å². The van der Waals surface area contributed by atoms with Gasteiger partial charge in [0, 0.05) is 22.8 Å². The Morgan fingerprint density at radius 1 is 1.15 bits per heavy atom. The zero-order valence-electron chi connectivity index (χ0n) is 16.0. The van der Waals surface area contributed by atoms with Gasteiger partial charge in [0.2, 0.25) is 0 Å². The van der Waals surface area contributed by atoms with Crippen LogP contribution in [0, 0.1) is 6.92 Å². The van der Waals surface area contributed by atoms with Crippen LogP contribution in [0.15, 0.2) is 48.5 Å². The molecule has 0 aliphatic carbocycles. The molecule has 2 aromatic carbocycles. The van der Waals surface area contributed by atoms with Crippen molar-refractivity contribution in [1.29, 1.82) is 0 Å². The van der Waals surface area contributed by atoms with Crippen LogP contribution in [0.4, 0.5) is 5.69 Å². The zero-order valence-corrected chi connectivity index (χ0v) is 16.8. The molecule has 2 atom stereocenters. The number of benzene rings is 2. The van der Waals surface area contributed by atoms with E-state index in [0.717, 1.165) is 22.4 Å². The average molecular weight is 389 g/mol. The Bertz CT molecular complexity index is 780. The third-order valence-electron chi connectivity index (χ3n) is 4.34. The summed E-state index contributed by atoms with van der Waals surface area (Å²) in [5.74, 6) is -0.247. The lowest BCUT2D eigenvalue weighted by Gasteiger charge is -2.24. The number of aryl methyl sites for hydroxylation is 1. The van der Waals surface area contributed by atoms with Gasteiger partial charge in [0.15, 0.2) is 12.6 Å². The SMILES string of the molecule is CCCNC(=O)C[NH+](C)[C@@H](C(=O)Nc1ccc(C)c(Cl)c1)c1ccccc1. The molecule has 5 nitrogen and oxygen atoms in total. The number of nitrogens with one attached hydrogen (secondary N) is 3. The molecular weight excluding hydrogens is 362 g/mol. The van der Waals surface area contributed by atoms with Crippen LogP contribution in [-0.2, 0) is 9.59 Å². The third kappa shape index (κ3) is 6.08. The van der Waals surface area contributed by atoms with E-state index in [1.165, 1.54) is 0 Å². The van der Waals surface area contributed by atoms with Gasteiger partial charge in [0.1, 0.15) is 0 Å². The number of quaternary nitrogens is 1. The fraction of sp³-hybridized carbons (Fsp3) is 0.333. The minimum Gasteiger partial charge on any atom is -0.351 e. The summed E-state index contributed by atoms with van der Waals surface area (Å²) in [6.07, 6.45) is 0.877. The number of rotatable bonds is 8. The summed E-state index contributed by atoms with van der Waals surface area (Å²) in [5, 5.41) is 6.39. The molecule has 3 N–H and O–H groups in total. The van der Waals surface area contributed by atoms with Crippen LogP contribution < -0.4 is 15.5 Å². The molecule has 6 heteroatoms. The van der Waals surface area contributed by atoms with Crippen LogP contribution in [0.2, 0.25) is 5.02 Å². The van der Waals surface area contributed by atoms with Crippen molar-refractivity contribution in [3.63, 3.8) is 0 Å². The molecule has 0 saturated carbocycles. The zero-order chi connectivity index (χ0) is 19.8. The summed E-state index contributed by atoms with van der Waals surface area (Å²) in [5.41, 5.74) is 2.44. The fourth-order valence-electron chi connectivity index (χ4n) is 2.87. The van der Waals surface area contributed by atoms with Gasteiger partial charge in [0.05, 0.1) is 7.05 Å². The quantitative estimate of drug-likeness (QED) is 0.650. The third-order valence-corrected chi connectivity index (χ3v) is 4.75. The first-order chi connectivity index (χ1) is 12.9. The highest BCUT2D eigenvalue weighted by Crippen LogP contribution is 2.21. The molecule has 0 radical (unpaired) electrons. The molecule has 27 heavy (non-hydrogen) atoms. The maximum atomic E-state index is 13.0. The monoisotopic (exact) mass is 388 g/mol. The van der Waals surface area contributed by atoms with Crippen LogP contribution >= 0.6 is 11.6 Å². The van der Waals surface area contributed by atoms with Crippen LogP contribution in [0.25, 0.3) is 0 Å². The van der Waals surface area contributed by atoms with Crippen molar-refractivity contribution in [2.24, 2.45) is 0 Å². The number of amides is 2. The maximum Gasteiger partial charge on any atom is 0.287 e. The van der Waals surface area contributed by atoms with Crippen LogP contribution in [0.1, 0.15) is 30.5 Å². The highest BCUT2D eigenvalue weighted by molar-refractivity contribution is 6.31. The van der Waals surface area contributed by atoms with Gasteiger partial charge in [0.25, 0.3) is 11.8 Å². The Kier molecular flexibility index (Phi) is 7.82. The standard InChI is InChI=1S/C21H26ClN3O2/c1-4-12-23-19(26)14-25(3)20(16-8-6-5-7-9-16)21(27)24-17-11-10-15(2)18(22)13-17/h5-11,13,20H,4,12,14H2,1-3H3,(H,23,26)(H,24,27)/p+1/t20-/m1/s1. The van der Waals surface area contributed by atoms with Gasteiger partial charge < -0.3 is 15.5 Å². The molecule has 0 aliphatic rings.